The number of hydrogen-bond acceptors (Lipinski definition) is 5. The predicted octanol–water partition coefficient (Wildman–Crippen LogP) is 1.78. The maximum absolute atomic E-state index is 10.0. The Balaban J connectivity index is 1.68. The van der Waals surface area contributed by atoms with E-state index in [9.17, 15) is 5.11 Å². The van der Waals surface area contributed by atoms with Gasteiger partial charge < -0.3 is 10.0 Å². The average molecular weight is 311 g/mol. The Hall–Kier alpha value is -0.910. The van der Waals surface area contributed by atoms with Crippen LogP contribution in [-0.2, 0) is 0 Å². The number of piperazine rings is 1. The summed E-state index contributed by atoms with van der Waals surface area (Å²) in [4.78, 5) is 13.3. The minimum absolute atomic E-state index is 0.144. The summed E-state index contributed by atoms with van der Waals surface area (Å²) in [6, 6.07) is 0.351. The van der Waals surface area contributed by atoms with Gasteiger partial charge in [-0.25, -0.2) is 9.97 Å². The van der Waals surface area contributed by atoms with E-state index in [1.54, 1.807) is 0 Å². The average Bonchev–Trinajstić information content (AvgIpc) is 2.89. The van der Waals surface area contributed by atoms with E-state index in [-0.39, 0.29) is 6.10 Å². The molecule has 2 unspecified atom stereocenters. The van der Waals surface area contributed by atoms with E-state index in [0.29, 0.717) is 11.3 Å². The lowest BCUT2D eigenvalue weighted by Gasteiger charge is -2.40. The normalized spacial score (nSPS) is 27.3. The first-order valence-electron chi connectivity index (χ1n) is 7.74. The van der Waals surface area contributed by atoms with E-state index in [2.05, 4.69) is 19.8 Å². The van der Waals surface area contributed by atoms with Gasteiger partial charge in [-0.15, -0.1) is 0 Å². The molecule has 0 aromatic carbocycles. The monoisotopic (exact) mass is 310 g/mol. The molecule has 2 heterocycles. The molecule has 0 amide bonds. The topological polar surface area (TPSA) is 52.5 Å². The van der Waals surface area contributed by atoms with Crippen LogP contribution in [-0.4, -0.2) is 58.3 Å². The highest BCUT2D eigenvalue weighted by molar-refractivity contribution is 6.28. The van der Waals surface area contributed by atoms with E-state index >= 15 is 0 Å². The van der Waals surface area contributed by atoms with Crippen LogP contribution in [0.5, 0.6) is 0 Å². The van der Waals surface area contributed by atoms with Gasteiger partial charge in [0.25, 0.3) is 0 Å². The van der Waals surface area contributed by atoms with E-state index in [0.717, 1.165) is 62.5 Å². The van der Waals surface area contributed by atoms with Crippen molar-refractivity contribution in [2.24, 2.45) is 0 Å². The molecule has 2 fully saturated rings. The third-order valence-corrected chi connectivity index (χ3v) is 5.03. The first kappa shape index (κ1) is 15.0. The smallest absolute Gasteiger partial charge is 0.224 e. The lowest BCUT2D eigenvalue weighted by molar-refractivity contribution is 0.0670. The zero-order chi connectivity index (χ0) is 15.0. The molecule has 6 heteroatoms. The summed E-state index contributed by atoms with van der Waals surface area (Å²) >= 11 is 6.00. The number of rotatable bonds is 2. The predicted molar refractivity (Wildman–Crippen MR) is 83.9 cm³/mol. The standard InChI is InChI=1S/C15H23ClN4O/c1-10-11(2)17-15(16)18-14(10)20-8-6-19(7-9-20)12-4-3-5-13(12)21/h12-13,21H,3-9H2,1-2H3. The summed E-state index contributed by atoms with van der Waals surface area (Å²) in [5.41, 5.74) is 2.05. The minimum Gasteiger partial charge on any atom is -0.391 e. The van der Waals surface area contributed by atoms with Crippen LogP contribution >= 0.6 is 11.6 Å². The van der Waals surface area contributed by atoms with Crippen molar-refractivity contribution < 1.29 is 5.11 Å². The van der Waals surface area contributed by atoms with Crippen molar-refractivity contribution in [1.82, 2.24) is 14.9 Å². The third-order valence-electron chi connectivity index (χ3n) is 4.86. The minimum atomic E-state index is -0.144. The van der Waals surface area contributed by atoms with Crippen LogP contribution in [0.3, 0.4) is 0 Å². The fraction of sp³-hybridized carbons (Fsp3) is 0.733. The first-order chi connectivity index (χ1) is 10.1. The summed E-state index contributed by atoms with van der Waals surface area (Å²) < 4.78 is 0. The van der Waals surface area contributed by atoms with Gasteiger partial charge in [0.1, 0.15) is 5.82 Å². The van der Waals surface area contributed by atoms with Gasteiger partial charge in [0.05, 0.1) is 6.10 Å². The zero-order valence-corrected chi connectivity index (χ0v) is 13.5. The summed E-state index contributed by atoms with van der Waals surface area (Å²) in [5.74, 6) is 0.958. The summed E-state index contributed by atoms with van der Waals surface area (Å²) in [7, 11) is 0. The van der Waals surface area contributed by atoms with Crippen LogP contribution in [0.25, 0.3) is 0 Å². The highest BCUT2D eigenvalue weighted by atomic mass is 35.5. The zero-order valence-electron chi connectivity index (χ0n) is 12.7. The molecular weight excluding hydrogens is 288 g/mol. The first-order valence-corrected chi connectivity index (χ1v) is 8.12. The van der Waals surface area contributed by atoms with Gasteiger partial charge in [0.2, 0.25) is 5.28 Å². The van der Waals surface area contributed by atoms with E-state index in [1.807, 2.05) is 13.8 Å². The molecule has 1 saturated heterocycles. The Morgan fingerprint density at radius 2 is 1.81 bits per heavy atom. The van der Waals surface area contributed by atoms with Gasteiger partial charge in [-0.3, -0.25) is 4.90 Å². The summed E-state index contributed by atoms with van der Waals surface area (Å²) in [5, 5.41) is 10.4. The molecule has 0 radical (unpaired) electrons. The van der Waals surface area contributed by atoms with Crippen LogP contribution in [0.15, 0.2) is 0 Å². The molecule has 1 aliphatic carbocycles. The van der Waals surface area contributed by atoms with Crippen molar-refractivity contribution >= 4 is 17.4 Å². The number of nitrogens with zero attached hydrogens (tertiary/aromatic N) is 4. The largest absolute Gasteiger partial charge is 0.391 e. The Bertz CT molecular complexity index is 517. The SMILES string of the molecule is Cc1nc(Cl)nc(N2CCN(C3CCCC3O)CC2)c1C. The van der Waals surface area contributed by atoms with E-state index in [1.165, 1.54) is 0 Å². The van der Waals surface area contributed by atoms with Crippen molar-refractivity contribution in [1.29, 1.82) is 0 Å². The Morgan fingerprint density at radius 3 is 2.43 bits per heavy atom. The molecule has 1 aromatic rings. The number of aromatic nitrogens is 2. The van der Waals surface area contributed by atoms with Gasteiger partial charge in [-0.2, -0.15) is 0 Å². The third kappa shape index (κ3) is 3.00. The Kier molecular flexibility index (Phi) is 4.33. The molecular formula is C15H23ClN4O. The number of hydrogen-bond donors (Lipinski definition) is 1. The van der Waals surface area contributed by atoms with Crippen molar-refractivity contribution in [3.63, 3.8) is 0 Å². The molecule has 0 spiro atoms. The fourth-order valence-corrected chi connectivity index (χ4v) is 3.71. The number of aliphatic hydroxyl groups is 1. The molecule has 2 atom stereocenters. The van der Waals surface area contributed by atoms with Gasteiger partial charge >= 0.3 is 0 Å². The second-order valence-corrected chi connectivity index (χ2v) is 6.45. The van der Waals surface area contributed by atoms with Crippen molar-refractivity contribution in [2.75, 3.05) is 31.1 Å². The van der Waals surface area contributed by atoms with E-state index in [4.69, 9.17) is 11.6 Å². The molecule has 116 valence electrons. The van der Waals surface area contributed by atoms with Crippen LogP contribution < -0.4 is 4.90 Å². The number of halogens is 1. The summed E-state index contributed by atoms with van der Waals surface area (Å²) in [6.45, 7) is 7.82. The lowest BCUT2D eigenvalue weighted by atomic mass is 10.1. The number of aliphatic hydroxyl groups excluding tert-OH is 1. The van der Waals surface area contributed by atoms with Gasteiger partial charge in [-0.1, -0.05) is 0 Å². The Labute approximate surface area is 130 Å². The van der Waals surface area contributed by atoms with Crippen LogP contribution in [0, 0.1) is 13.8 Å². The highest BCUT2D eigenvalue weighted by Gasteiger charge is 2.33. The van der Waals surface area contributed by atoms with Crippen molar-refractivity contribution in [2.45, 2.75) is 45.3 Å². The molecule has 5 nitrogen and oxygen atoms in total. The molecule has 0 bridgehead atoms. The number of aryl methyl sites for hydroxylation is 1. The maximum atomic E-state index is 10.0. The molecule has 21 heavy (non-hydrogen) atoms. The van der Waals surface area contributed by atoms with E-state index < -0.39 is 0 Å². The lowest BCUT2D eigenvalue weighted by Crippen LogP contribution is -2.52. The fourth-order valence-electron chi connectivity index (χ4n) is 3.50. The quantitative estimate of drug-likeness (QED) is 0.844. The molecule has 1 aliphatic heterocycles. The van der Waals surface area contributed by atoms with Gasteiger partial charge in [-0.05, 0) is 44.7 Å². The molecule has 2 aliphatic rings. The highest BCUT2D eigenvalue weighted by Crippen LogP contribution is 2.27. The van der Waals surface area contributed by atoms with Crippen LogP contribution in [0.4, 0.5) is 5.82 Å². The van der Waals surface area contributed by atoms with Gasteiger partial charge in [0, 0.05) is 43.5 Å². The summed E-state index contributed by atoms with van der Waals surface area (Å²) in [6.07, 6.45) is 3.07. The maximum Gasteiger partial charge on any atom is 0.224 e. The van der Waals surface area contributed by atoms with Crippen LogP contribution in [0.1, 0.15) is 30.5 Å². The molecule has 1 aromatic heterocycles. The number of anilines is 1. The van der Waals surface area contributed by atoms with Crippen LogP contribution in [0.2, 0.25) is 5.28 Å². The Morgan fingerprint density at radius 1 is 1.10 bits per heavy atom. The molecule has 1 saturated carbocycles. The second kappa shape index (κ2) is 6.07. The molecule has 3 rings (SSSR count). The van der Waals surface area contributed by atoms with Crippen molar-refractivity contribution in [3.8, 4) is 0 Å². The second-order valence-electron chi connectivity index (χ2n) is 6.12. The molecule has 1 N–H and O–H groups in total. The van der Waals surface area contributed by atoms with Crippen molar-refractivity contribution in [3.05, 3.63) is 16.5 Å². The van der Waals surface area contributed by atoms with Gasteiger partial charge in [0.15, 0.2) is 0 Å².